The van der Waals surface area contributed by atoms with E-state index < -0.39 is 0 Å². The molecule has 2 N–H and O–H groups in total. The first kappa shape index (κ1) is 10.7. The Labute approximate surface area is 70.7 Å². The highest BCUT2D eigenvalue weighted by molar-refractivity contribution is 4.91. The number of rotatable bonds is 6. The number of hydrogen-bond acceptors (Lipinski definition) is 1. The van der Waals surface area contributed by atoms with Crippen molar-refractivity contribution in [2.24, 2.45) is 5.73 Å². The largest absolute Gasteiger partial charge is 0.327 e. The van der Waals surface area contributed by atoms with Crippen molar-refractivity contribution in [3.63, 3.8) is 0 Å². The molecule has 0 saturated carbocycles. The van der Waals surface area contributed by atoms with Crippen LogP contribution in [0.15, 0.2) is 12.2 Å². The summed E-state index contributed by atoms with van der Waals surface area (Å²) in [5.41, 5.74) is 7.06. The molecule has 0 aromatic carbocycles. The summed E-state index contributed by atoms with van der Waals surface area (Å²) in [6.45, 7) is 8.10. The van der Waals surface area contributed by atoms with E-state index in [1.807, 2.05) is 6.92 Å². The molecule has 0 aliphatic carbocycles. The zero-order valence-corrected chi connectivity index (χ0v) is 7.90. The van der Waals surface area contributed by atoms with Gasteiger partial charge in [0.25, 0.3) is 0 Å². The van der Waals surface area contributed by atoms with Crippen molar-refractivity contribution in [3.05, 3.63) is 12.2 Å². The summed E-state index contributed by atoms with van der Waals surface area (Å²) in [5.74, 6) is 0. The van der Waals surface area contributed by atoms with Crippen molar-refractivity contribution in [2.45, 2.75) is 52.0 Å². The average molecular weight is 155 g/mol. The molecule has 0 aliphatic heterocycles. The molecule has 0 rings (SSSR count). The first-order valence-corrected chi connectivity index (χ1v) is 4.56. The first-order valence-electron chi connectivity index (χ1n) is 4.56. The summed E-state index contributed by atoms with van der Waals surface area (Å²) < 4.78 is 0. The van der Waals surface area contributed by atoms with Gasteiger partial charge in [0.15, 0.2) is 0 Å². The maximum atomic E-state index is 5.85. The monoisotopic (exact) mass is 155 g/mol. The van der Waals surface area contributed by atoms with Crippen LogP contribution in [0.4, 0.5) is 0 Å². The summed E-state index contributed by atoms with van der Waals surface area (Å²) in [5, 5.41) is 0. The van der Waals surface area contributed by atoms with E-state index in [0.29, 0.717) is 6.04 Å². The van der Waals surface area contributed by atoms with Gasteiger partial charge in [-0.3, -0.25) is 0 Å². The third kappa shape index (κ3) is 7.60. The third-order valence-corrected chi connectivity index (χ3v) is 1.79. The SMILES string of the molecule is C=C(C)CC(N)CCCCC. The van der Waals surface area contributed by atoms with E-state index in [0.717, 1.165) is 12.8 Å². The molecule has 0 bridgehead atoms. The Morgan fingerprint density at radius 2 is 2.09 bits per heavy atom. The van der Waals surface area contributed by atoms with Crippen LogP contribution in [0.5, 0.6) is 0 Å². The molecule has 1 heteroatoms. The van der Waals surface area contributed by atoms with Gasteiger partial charge in [-0.25, -0.2) is 0 Å². The van der Waals surface area contributed by atoms with Gasteiger partial charge in [-0.15, -0.1) is 6.58 Å². The van der Waals surface area contributed by atoms with Gasteiger partial charge >= 0.3 is 0 Å². The zero-order valence-electron chi connectivity index (χ0n) is 7.90. The summed E-state index contributed by atoms with van der Waals surface area (Å²) in [4.78, 5) is 0. The standard InChI is InChI=1S/C10H21N/c1-4-5-6-7-10(11)8-9(2)3/h10H,2,4-8,11H2,1,3H3. The molecular weight excluding hydrogens is 134 g/mol. The lowest BCUT2D eigenvalue weighted by atomic mass is 10.0. The summed E-state index contributed by atoms with van der Waals surface area (Å²) >= 11 is 0. The van der Waals surface area contributed by atoms with Gasteiger partial charge in [0.05, 0.1) is 0 Å². The lowest BCUT2D eigenvalue weighted by Gasteiger charge is -2.09. The maximum Gasteiger partial charge on any atom is 0.00758 e. The first-order chi connectivity index (χ1) is 5.16. The second kappa shape index (κ2) is 6.41. The second-order valence-corrected chi connectivity index (χ2v) is 3.42. The van der Waals surface area contributed by atoms with Gasteiger partial charge in [-0.2, -0.15) is 0 Å². The molecule has 1 atom stereocenters. The number of unbranched alkanes of at least 4 members (excludes halogenated alkanes) is 2. The van der Waals surface area contributed by atoms with Crippen molar-refractivity contribution >= 4 is 0 Å². The van der Waals surface area contributed by atoms with E-state index in [9.17, 15) is 0 Å². The van der Waals surface area contributed by atoms with Crippen LogP contribution in [-0.4, -0.2) is 6.04 Å². The van der Waals surface area contributed by atoms with E-state index in [2.05, 4.69) is 13.5 Å². The predicted octanol–water partition coefficient (Wildman–Crippen LogP) is 2.86. The van der Waals surface area contributed by atoms with E-state index in [1.165, 1.54) is 24.8 Å². The molecule has 0 spiro atoms. The molecule has 66 valence electrons. The Balaban J connectivity index is 3.22. The highest BCUT2D eigenvalue weighted by Crippen LogP contribution is 2.07. The van der Waals surface area contributed by atoms with E-state index in [1.54, 1.807) is 0 Å². The summed E-state index contributed by atoms with van der Waals surface area (Å²) in [6, 6.07) is 0.346. The fourth-order valence-corrected chi connectivity index (χ4v) is 1.21. The molecule has 0 aromatic heterocycles. The van der Waals surface area contributed by atoms with Gasteiger partial charge < -0.3 is 5.73 Å². The molecule has 11 heavy (non-hydrogen) atoms. The fraction of sp³-hybridized carbons (Fsp3) is 0.800. The number of hydrogen-bond donors (Lipinski definition) is 1. The summed E-state index contributed by atoms with van der Waals surface area (Å²) in [6.07, 6.45) is 6.00. The van der Waals surface area contributed by atoms with Crippen LogP contribution in [0, 0.1) is 0 Å². The summed E-state index contributed by atoms with van der Waals surface area (Å²) in [7, 11) is 0. The van der Waals surface area contributed by atoms with Gasteiger partial charge in [0.1, 0.15) is 0 Å². The Morgan fingerprint density at radius 3 is 2.55 bits per heavy atom. The Morgan fingerprint density at radius 1 is 1.45 bits per heavy atom. The highest BCUT2D eigenvalue weighted by Gasteiger charge is 2.00. The lowest BCUT2D eigenvalue weighted by Crippen LogP contribution is -2.19. The topological polar surface area (TPSA) is 26.0 Å². The Bertz CT molecular complexity index is 107. The van der Waals surface area contributed by atoms with Crippen molar-refractivity contribution in [1.82, 2.24) is 0 Å². The number of nitrogens with two attached hydrogens (primary N) is 1. The predicted molar refractivity (Wildman–Crippen MR) is 51.5 cm³/mol. The van der Waals surface area contributed by atoms with Crippen molar-refractivity contribution in [1.29, 1.82) is 0 Å². The highest BCUT2D eigenvalue weighted by atomic mass is 14.6. The Hall–Kier alpha value is -0.300. The Kier molecular flexibility index (Phi) is 6.24. The smallest absolute Gasteiger partial charge is 0.00758 e. The van der Waals surface area contributed by atoms with Crippen molar-refractivity contribution < 1.29 is 0 Å². The normalized spacial score (nSPS) is 13.0. The van der Waals surface area contributed by atoms with Gasteiger partial charge in [-0.1, -0.05) is 31.8 Å². The van der Waals surface area contributed by atoms with Crippen molar-refractivity contribution in [2.75, 3.05) is 0 Å². The van der Waals surface area contributed by atoms with Crippen LogP contribution in [0.3, 0.4) is 0 Å². The lowest BCUT2D eigenvalue weighted by molar-refractivity contribution is 0.556. The average Bonchev–Trinajstić information content (AvgIpc) is 1.86. The minimum absolute atomic E-state index is 0.346. The molecule has 0 aromatic rings. The van der Waals surface area contributed by atoms with Crippen LogP contribution < -0.4 is 5.73 Å². The molecule has 0 radical (unpaired) electrons. The molecule has 0 amide bonds. The maximum absolute atomic E-state index is 5.85. The fourth-order valence-electron chi connectivity index (χ4n) is 1.21. The van der Waals surface area contributed by atoms with Crippen LogP contribution >= 0.6 is 0 Å². The third-order valence-electron chi connectivity index (χ3n) is 1.79. The molecule has 0 heterocycles. The zero-order chi connectivity index (χ0) is 8.69. The van der Waals surface area contributed by atoms with E-state index in [4.69, 9.17) is 5.73 Å². The van der Waals surface area contributed by atoms with Crippen LogP contribution in [0.25, 0.3) is 0 Å². The second-order valence-electron chi connectivity index (χ2n) is 3.42. The van der Waals surface area contributed by atoms with E-state index >= 15 is 0 Å². The molecule has 1 unspecified atom stereocenters. The van der Waals surface area contributed by atoms with Gasteiger partial charge in [0, 0.05) is 6.04 Å². The minimum Gasteiger partial charge on any atom is -0.327 e. The molecule has 0 aliphatic rings. The minimum atomic E-state index is 0.346. The quantitative estimate of drug-likeness (QED) is 0.463. The molecule has 0 saturated heterocycles. The van der Waals surface area contributed by atoms with E-state index in [-0.39, 0.29) is 0 Å². The van der Waals surface area contributed by atoms with Gasteiger partial charge in [-0.05, 0) is 19.8 Å². The van der Waals surface area contributed by atoms with Crippen LogP contribution in [-0.2, 0) is 0 Å². The van der Waals surface area contributed by atoms with Crippen LogP contribution in [0.1, 0.15) is 46.0 Å². The molecule has 0 fully saturated rings. The van der Waals surface area contributed by atoms with Gasteiger partial charge in [0.2, 0.25) is 0 Å². The molecular formula is C10H21N. The molecule has 1 nitrogen and oxygen atoms in total. The van der Waals surface area contributed by atoms with Crippen molar-refractivity contribution in [3.8, 4) is 0 Å². The van der Waals surface area contributed by atoms with Crippen LogP contribution in [0.2, 0.25) is 0 Å².